The van der Waals surface area contributed by atoms with Crippen molar-refractivity contribution in [3.8, 4) is 0 Å². The number of nitrogens with zero attached hydrogens (tertiary/aromatic N) is 1. The van der Waals surface area contributed by atoms with Crippen LogP contribution in [0.15, 0.2) is 36.4 Å². The van der Waals surface area contributed by atoms with Crippen LogP contribution < -0.4 is 16.0 Å². The van der Waals surface area contributed by atoms with Crippen LogP contribution in [0.1, 0.15) is 6.42 Å². The summed E-state index contributed by atoms with van der Waals surface area (Å²) in [5.74, 6) is -1.35. The monoisotopic (exact) mass is 417 g/mol. The van der Waals surface area contributed by atoms with Gasteiger partial charge in [-0.1, -0.05) is 34.8 Å². The van der Waals surface area contributed by atoms with Gasteiger partial charge in [-0.25, -0.2) is 4.39 Å². The molecule has 2 rings (SSSR count). The van der Waals surface area contributed by atoms with Crippen molar-refractivity contribution in [2.75, 3.05) is 23.3 Å². The molecular weight excluding hydrogens is 404 g/mol. The Labute approximate surface area is 164 Å². The summed E-state index contributed by atoms with van der Waals surface area (Å²) in [6, 6.07) is 8.44. The fraction of sp³-hybridized carbons (Fsp3) is 0.176. The van der Waals surface area contributed by atoms with Gasteiger partial charge < -0.3 is 16.0 Å². The van der Waals surface area contributed by atoms with Crippen LogP contribution in [0.3, 0.4) is 0 Å². The highest BCUT2D eigenvalue weighted by atomic mass is 35.5. The molecule has 138 valence electrons. The molecule has 0 atom stereocenters. The van der Waals surface area contributed by atoms with Gasteiger partial charge in [0.15, 0.2) is 0 Å². The van der Waals surface area contributed by atoms with Gasteiger partial charge in [-0.15, -0.1) is 0 Å². The molecule has 0 radical (unpaired) electrons. The van der Waals surface area contributed by atoms with Crippen LogP contribution in [0.25, 0.3) is 0 Å². The number of benzene rings is 2. The van der Waals surface area contributed by atoms with Crippen LogP contribution in [0, 0.1) is 5.82 Å². The summed E-state index contributed by atoms with van der Waals surface area (Å²) in [6.45, 7) is 0.0741. The first-order valence-electron chi connectivity index (χ1n) is 7.49. The molecular formula is C17H15Cl3FN3O2. The van der Waals surface area contributed by atoms with E-state index in [-0.39, 0.29) is 35.2 Å². The fourth-order valence-electron chi connectivity index (χ4n) is 2.21. The lowest BCUT2D eigenvalue weighted by atomic mass is 10.2. The number of amides is 2. The predicted molar refractivity (Wildman–Crippen MR) is 103 cm³/mol. The van der Waals surface area contributed by atoms with Gasteiger partial charge in [0.05, 0.1) is 22.3 Å². The molecule has 0 heterocycles. The van der Waals surface area contributed by atoms with Gasteiger partial charge in [-0.05, 0) is 36.4 Å². The normalized spacial score (nSPS) is 10.5. The maximum Gasteiger partial charge on any atom is 0.243 e. The molecule has 0 fully saturated rings. The smallest absolute Gasteiger partial charge is 0.243 e. The van der Waals surface area contributed by atoms with Crippen molar-refractivity contribution in [1.82, 2.24) is 0 Å². The van der Waals surface area contributed by atoms with Crippen LogP contribution in [-0.4, -0.2) is 24.9 Å². The Kier molecular flexibility index (Phi) is 7.08. The minimum atomic E-state index is -0.513. The van der Waals surface area contributed by atoms with Gasteiger partial charge in [0.25, 0.3) is 0 Å². The van der Waals surface area contributed by atoms with Gasteiger partial charge in [0, 0.05) is 23.7 Å². The molecule has 0 saturated carbocycles. The van der Waals surface area contributed by atoms with E-state index in [0.717, 1.165) is 0 Å². The number of halogens is 4. The highest BCUT2D eigenvalue weighted by Gasteiger charge is 2.16. The van der Waals surface area contributed by atoms with E-state index in [9.17, 15) is 14.0 Å². The van der Waals surface area contributed by atoms with E-state index in [2.05, 4.69) is 5.32 Å². The van der Waals surface area contributed by atoms with E-state index < -0.39 is 17.6 Å². The lowest BCUT2D eigenvalue weighted by Crippen LogP contribution is -2.35. The number of rotatable bonds is 7. The largest absolute Gasteiger partial charge is 0.370 e. The first-order chi connectivity index (χ1) is 12.3. The quantitative estimate of drug-likeness (QED) is 0.710. The molecule has 2 aromatic rings. The van der Waals surface area contributed by atoms with Gasteiger partial charge >= 0.3 is 0 Å². The number of hydrogen-bond acceptors (Lipinski definition) is 3. The predicted octanol–water partition coefficient (Wildman–Crippen LogP) is 4.11. The first-order valence-corrected chi connectivity index (χ1v) is 8.63. The Morgan fingerprint density at radius 3 is 2.19 bits per heavy atom. The average Bonchev–Trinajstić information content (AvgIpc) is 2.55. The summed E-state index contributed by atoms with van der Waals surface area (Å²) in [5.41, 5.74) is 5.98. The highest BCUT2D eigenvalue weighted by Crippen LogP contribution is 2.33. The summed E-state index contributed by atoms with van der Waals surface area (Å²) < 4.78 is 13.1. The highest BCUT2D eigenvalue weighted by molar-refractivity contribution is 6.42. The van der Waals surface area contributed by atoms with Gasteiger partial charge in [0.1, 0.15) is 5.82 Å². The molecule has 0 aliphatic rings. The molecule has 3 N–H and O–H groups in total. The third-order valence-corrected chi connectivity index (χ3v) is 4.24. The maximum atomic E-state index is 13.1. The maximum absolute atomic E-state index is 13.1. The van der Waals surface area contributed by atoms with E-state index >= 15 is 0 Å². The standard InChI is InChI=1S/C17H15Cl3FN3O2/c18-10-7-13(19)17(14(20)8-10)23-16(26)9-24(6-5-15(22)25)12-3-1-11(21)2-4-12/h1-4,7-8H,5-6,9H2,(H2,22,25)(H,23,26). The van der Waals surface area contributed by atoms with Crippen molar-refractivity contribution < 1.29 is 14.0 Å². The molecule has 2 aromatic carbocycles. The topological polar surface area (TPSA) is 75.4 Å². The zero-order valence-corrected chi connectivity index (χ0v) is 15.7. The molecule has 26 heavy (non-hydrogen) atoms. The molecule has 0 bridgehead atoms. The molecule has 0 unspecified atom stereocenters. The van der Waals surface area contributed by atoms with E-state index in [1.165, 1.54) is 36.4 Å². The van der Waals surface area contributed by atoms with Gasteiger partial charge in [-0.2, -0.15) is 0 Å². The number of carbonyl (C=O) groups excluding carboxylic acids is 2. The lowest BCUT2D eigenvalue weighted by Gasteiger charge is -2.24. The van der Waals surface area contributed by atoms with Gasteiger partial charge in [-0.3, -0.25) is 9.59 Å². The minimum Gasteiger partial charge on any atom is -0.370 e. The summed E-state index contributed by atoms with van der Waals surface area (Å²) in [4.78, 5) is 25.1. The molecule has 0 aliphatic heterocycles. The number of carbonyl (C=O) groups is 2. The number of hydrogen-bond donors (Lipinski definition) is 2. The van der Waals surface area contributed by atoms with Crippen molar-refractivity contribution in [3.05, 3.63) is 57.3 Å². The molecule has 5 nitrogen and oxygen atoms in total. The van der Waals surface area contributed by atoms with Crippen molar-refractivity contribution in [3.63, 3.8) is 0 Å². The van der Waals surface area contributed by atoms with E-state index in [4.69, 9.17) is 40.5 Å². The Hall–Kier alpha value is -2.02. The van der Waals surface area contributed by atoms with Crippen molar-refractivity contribution in [2.45, 2.75) is 6.42 Å². The van der Waals surface area contributed by atoms with Crippen molar-refractivity contribution in [1.29, 1.82) is 0 Å². The van der Waals surface area contributed by atoms with Crippen LogP contribution in [0.2, 0.25) is 15.1 Å². The molecule has 0 saturated heterocycles. The van der Waals surface area contributed by atoms with Crippen molar-refractivity contribution in [2.24, 2.45) is 5.73 Å². The Morgan fingerprint density at radius 1 is 1.08 bits per heavy atom. The average molecular weight is 419 g/mol. The number of nitrogens with two attached hydrogens (primary N) is 1. The van der Waals surface area contributed by atoms with E-state index in [1.807, 2.05) is 0 Å². The van der Waals surface area contributed by atoms with Crippen LogP contribution in [-0.2, 0) is 9.59 Å². The van der Waals surface area contributed by atoms with E-state index in [1.54, 1.807) is 4.90 Å². The second kappa shape index (κ2) is 9.07. The third-order valence-electron chi connectivity index (χ3n) is 3.43. The lowest BCUT2D eigenvalue weighted by molar-refractivity contribution is -0.118. The molecule has 9 heteroatoms. The summed E-state index contributed by atoms with van der Waals surface area (Å²) in [6.07, 6.45) is 0.0348. The summed E-state index contributed by atoms with van der Waals surface area (Å²) in [5, 5.41) is 3.34. The summed E-state index contributed by atoms with van der Waals surface area (Å²) >= 11 is 17.9. The van der Waals surface area contributed by atoms with Crippen LogP contribution in [0.5, 0.6) is 0 Å². The zero-order valence-electron chi connectivity index (χ0n) is 13.4. The second-order valence-corrected chi connectivity index (χ2v) is 6.66. The fourth-order valence-corrected chi connectivity index (χ4v) is 3.12. The summed E-state index contributed by atoms with van der Waals surface area (Å²) in [7, 11) is 0. The Balaban J connectivity index is 2.15. The van der Waals surface area contributed by atoms with Gasteiger partial charge in [0.2, 0.25) is 11.8 Å². The minimum absolute atomic E-state index is 0.0348. The molecule has 0 aromatic heterocycles. The number of primary amides is 1. The Bertz CT molecular complexity index is 792. The van der Waals surface area contributed by atoms with Crippen LogP contribution >= 0.6 is 34.8 Å². The Morgan fingerprint density at radius 2 is 1.65 bits per heavy atom. The SMILES string of the molecule is NC(=O)CCN(CC(=O)Nc1c(Cl)cc(Cl)cc1Cl)c1ccc(F)cc1. The second-order valence-electron chi connectivity index (χ2n) is 5.41. The molecule has 0 aliphatic carbocycles. The molecule has 0 spiro atoms. The molecule has 2 amide bonds. The van der Waals surface area contributed by atoms with Crippen molar-refractivity contribution >= 4 is 58.0 Å². The number of anilines is 2. The number of nitrogens with one attached hydrogen (secondary N) is 1. The van der Waals surface area contributed by atoms with E-state index in [0.29, 0.717) is 10.7 Å². The first kappa shape index (κ1) is 20.3. The third kappa shape index (κ3) is 5.76. The van der Waals surface area contributed by atoms with Crippen LogP contribution in [0.4, 0.5) is 15.8 Å². The zero-order chi connectivity index (χ0) is 19.3.